The van der Waals surface area contributed by atoms with Gasteiger partial charge in [-0.05, 0) is 87.8 Å². The van der Waals surface area contributed by atoms with Crippen molar-refractivity contribution >= 4 is 37.9 Å². The number of thiocarbonyl (C=S) groups is 1. The molecule has 0 spiro atoms. The summed E-state index contributed by atoms with van der Waals surface area (Å²) in [6.07, 6.45) is 15.9. The Morgan fingerprint density at radius 1 is 1.25 bits per heavy atom. The smallest absolute Gasteiger partial charge is 0.316 e. The van der Waals surface area contributed by atoms with Crippen LogP contribution in [0.2, 0.25) is 0 Å². The summed E-state index contributed by atoms with van der Waals surface area (Å²) in [4.78, 5) is 12.3. The first kappa shape index (κ1) is 34.4. The van der Waals surface area contributed by atoms with Gasteiger partial charge in [0.25, 0.3) is 0 Å². The molecule has 1 aromatic rings. The molecule has 3 heterocycles. The number of alkyl halides is 1. The minimum Gasteiger partial charge on any atom is -0.462 e. The van der Waals surface area contributed by atoms with Crippen molar-refractivity contribution in [2.75, 3.05) is 46.0 Å². The van der Waals surface area contributed by atoms with Crippen LogP contribution in [0.3, 0.4) is 0 Å². The molecule has 0 saturated carbocycles. The lowest BCUT2D eigenvalue weighted by Gasteiger charge is -2.25. The fourth-order valence-corrected chi connectivity index (χ4v) is 5.95. The van der Waals surface area contributed by atoms with E-state index in [2.05, 4.69) is 43.3 Å². The number of halogens is 1. The highest BCUT2D eigenvalue weighted by Crippen LogP contribution is 2.25. The number of nitrogens with zero attached hydrogens (tertiary/aromatic N) is 4. The first-order valence-electron chi connectivity index (χ1n) is 14.1. The van der Waals surface area contributed by atoms with Crippen molar-refractivity contribution in [3.05, 3.63) is 48.8 Å². The molecule has 0 bridgehead atoms. The normalized spacial score (nSPS) is 20.0. The first-order chi connectivity index (χ1) is 19.4. The molecule has 3 atom stereocenters. The Hall–Kier alpha value is -1.78. The Labute approximate surface area is 251 Å². The van der Waals surface area contributed by atoms with Gasteiger partial charge in [-0.25, -0.2) is 18.7 Å². The van der Waals surface area contributed by atoms with Crippen LogP contribution in [0.1, 0.15) is 52.4 Å². The third kappa shape index (κ3) is 15.3. The molecule has 2 aliphatic rings. The van der Waals surface area contributed by atoms with Crippen LogP contribution in [0, 0.1) is 0 Å². The molecule has 0 radical (unpaired) electrons. The summed E-state index contributed by atoms with van der Waals surface area (Å²) in [7, 11) is 0.590. The quantitative estimate of drug-likeness (QED) is 0.127. The number of hydrogen-bond acceptors (Lipinski definition) is 8. The van der Waals surface area contributed by atoms with Gasteiger partial charge in [0, 0.05) is 38.1 Å². The highest BCUT2D eigenvalue weighted by atomic mass is 32.2. The van der Waals surface area contributed by atoms with Crippen molar-refractivity contribution in [3.8, 4) is 6.01 Å². The van der Waals surface area contributed by atoms with Crippen molar-refractivity contribution in [2.24, 2.45) is 5.73 Å². The van der Waals surface area contributed by atoms with Crippen molar-refractivity contribution in [3.63, 3.8) is 0 Å². The maximum absolute atomic E-state index is 10.9. The van der Waals surface area contributed by atoms with Gasteiger partial charge in [0.2, 0.25) is 0 Å². The summed E-state index contributed by atoms with van der Waals surface area (Å²) in [5, 5.41) is 7.11. The van der Waals surface area contributed by atoms with Crippen LogP contribution in [0.15, 0.2) is 53.7 Å². The fraction of sp³-hybridized carbons (Fsp3) is 0.607. The summed E-state index contributed by atoms with van der Waals surface area (Å²) in [6, 6.07) is 0.787. The highest BCUT2D eigenvalue weighted by Gasteiger charge is 2.19. The molecule has 0 aromatic carbocycles. The number of rotatable bonds is 12. The summed E-state index contributed by atoms with van der Waals surface area (Å²) < 4.78 is 19.0. The number of nitrogens with two attached hydrogens (primary N) is 1. The molecule has 3 rings (SSSR count). The standard InChI is InChI=1S/C24H40N7OPS2.C4H7F/c1-3-19(2)33-18-22(25)29-24(34)28-20-8-7-12-31(13-9-20)35-21-16-26-23(27-17-21)32-15-14-30-10-5-4-6-11-30;1-2-3-4-5/h3,16-20,33H,1,4-15,25H2,2H3,(H2,28,29,34);2-3H,4H2,1H3/b22-18+;3-2-. The van der Waals surface area contributed by atoms with E-state index in [1.165, 1.54) is 38.4 Å². The second-order valence-corrected chi connectivity index (χ2v) is 12.8. The zero-order valence-corrected chi connectivity index (χ0v) is 26.6. The number of allylic oxidation sites excluding steroid dienone is 3. The summed E-state index contributed by atoms with van der Waals surface area (Å²) >= 11 is 7.18. The lowest BCUT2D eigenvalue weighted by molar-refractivity contribution is 0.177. The van der Waals surface area contributed by atoms with Gasteiger partial charge in [-0.15, -0.1) is 6.58 Å². The van der Waals surface area contributed by atoms with E-state index in [1.807, 2.05) is 24.3 Å². The van der Waals surface area contributed by atoms with E-state index in [0.29, 0.717) is 43.8 Å². The molecule has 4 N–H and O–H groups in total. The number of piperidine rings is 1. The highest BCUT2D eigenvalue weighted by molar-refractivity contribution is 7.97. The summed E-state index contributed by atoms with van der Waals surface area (Å²) in [6.45, 7) is 13.3. The molecule has 0 amide bonds. The van der Waals surface area contributed by atoms with E-state index in [1.54, 1.807) is 24.9 Å². The second kappa shape index (κ2) is 21.0. The SMILES string of the molecule is C/C=C\CF.C=CC(C)P/C=C(\N)NC(=S)NC1CCCN(Sc2cnc(OCCN3CCCCC3)nc2)CC1. The van der Waals surface area contributed by atoms with Gasteiger partial charge in [-0.2, -0.15) is 0 Å². The van der Waals surface area contributed by atoms with E-state index in [0.717, 1.165) is 43.8 Å². The molecule has 2 fully saturated rings. The molecule has 1 aromatic heterocycles. The van der Waals surface area contributed by atoms with Crippen LogP contribution < -0.4 is 21.1 Å². The van der Waals surface area contributed by atoms with Gasteiger partial charge < -0.3 is 21.1 Å². The van der Waals surface area contributed by atoms with E-state index in [9.17, 15) is 4.39 Å². The van der Waals surface area contributed by atoms with Crippen LogP contribution in [0.25, 0.3) is 0 Å². The van der Waals surface area contributed by atoms with E-state index in [-0.39, 0.29) is 6.67 Å². The van der Waals surface area contributed by atoms with Crippen LogP contribution in [-0.4, -0.2) is 82.0 Å². The maximum atomic E-state index is 10.9. The summed E-state index contributed by atoms with van der Waals surface area (Å²) in [5.41, 5.74) is 6.47. The molecule has 2 aliphatic heterocycles. The number of ether oxygens (including phenoxy) is 1. The zero-order chi connectivity index (χ0) is 29.0. The minimum absolute atomic E-state index is 0.329. The molecule has 8 nitrogen and oxygen atoms in total. The van der Waals surface area contributed by atoms with Crippen LogP contribution in [-0.2, 0) is 0 Å². The van der Waals surface area contributed by atoms with Crippen molar-refractivity contribution in [1.82, 2.24) is 29.8 Å². The number of nitrogens with one attached hydrogen (secondary N) is 2. The molecule has 40 heavy (non-hydrogen) atoms. The average Bonchev–Trinajstić information content (AvgIpc) is 3.18. The third-order valence-electron chi connectivity index (χ3n) is 6.39. The monoisotopic (exact) mass is 611 g/mol. The van der Waals surface area contributed by atoms with E-state index in [4.69, 9.17) is 22.7 Å². The largest absolute Gasteiger partial charge is 0.462 e. The molecule has 2 saturated heterocycles. The van der Waals surface area contributed by atoms with Crippen LogP contribution in [0.4, 0.5) is 4.39 Å². The van der Waals surface area contributed by atoms with Gasteiger partial charge in [-0.1, -0.05) is 40.2 Å². The Kier molecular flexibility index (Phi) is 18.1. The Bertz CT molecular complexity index is 916. The number of likely N-dealkylation sites (tertiary alicyclic amines) is 1. The van der Waals surface area contributed by atoms with Gasteiger partial charge in [0.15, 0.2) is 5.11 Å². The topological polar surface area (TPSA) is 91.6 Å². The zero-order valence-electron chi connectivity index (χ0n) is 24.0. The van der Waals surface area contributed by atoms with Crippen molar-refractivity contribution in [2.45, 2.75) is 69.0 Å². The van der Waals surface area contributed by atoms with Gasteiger partial charge in [-0.3, -0.25) is 4.90 Å². The Morgan fingerprint density at radius 2 is 2.00 bits per heavy atom. The number of hydrogen-bond donors (Lipinski definition) is 3. The molecule has 12 heteroatoms. The molecule has 0 aliphatic carbocycles. The first-order valence-corrected chi connectivity index (χ1v) is 16.5. The predicted molar refractivity (Wildman–Crippen MR) is 173 cm³/mol. The van der Waals surface area contributed by atoms with Crippen molar-refractivity contribution < 1.29 is 9.13 Å². The average molecular weight is 612 g/mol. The third-order valence-corrected chi connectivity index (χ3v) is 8.89. The van der Waals surface area contributed by atoms with E-state index < -0.39 is 0 Å². The van der Waals surface area contributed by atoms with Gasteiger partial charge >= 0.3 is 6.01 Å². The Balaban J connectivity index is 0.00000103. The maximum Gasteiger partial charge on any atom is 0.316 e. The minimum atomic E-state index is -0.337. The van der Waals surface area contributed by atoms with E-state index >= 15 is 0 Å². The fourth-order valence-electron chi connectivity index (χ4n) is 4.10. The molecule has 3 unspecified atom stereocenters. The second-order valence-electron chi connectivity index (χ2n) is 9.71. The van der Waals surface area contributed by atoms with Crippen molar-refractivity contribution in [1.29, 1.82) is 0 Å². The molecular formula is C28H47FN7OPS2. The lowest BCUT2D eigenvalue weighted by atomic mass is 10.1. The Morgan fingerprint density at radius 3 is 2.65 bits per heavy atom. The molecule has 224 valence electrons. The number of aromatic nitrogens is 2. The lowest BCUT2D eigenvalue weighted by Crippen LogP contribution is -2.43. The van der Waals surface area contributed by atoms with Gasteiger partial charge in [0.1, 0.15) is 19.1 Å². The van der Waals surface area contributed by atoms with Gasteiger partial charge in [0.05, 0.1) is 4.90 Å². The molecular weight excluding hydrogens is 564 g/mol. The van der Waals surface area contributed by atoms with Crippen LogP contribution in [0.5, 0.6) is 6.01 Å². The predicted octanol–water partition coefficient (Wildman–Crippen LogP) is 5.21. The summed E-state index contributed by atoms with van der Waals surface area (Å²) in [5.74, 6) is 2.58. The van der Waals surface area contributed by atoms with Crippen LogP contribution >= 0.6 is 32.7 Å².